The zero-order valence-electron chi connectivity index (χ0n) is 12.6. The highest BCUT2D eigenvalue weighted by Crippen LogP contribution is 2.17. The van der Waals surface area contributed by atoms with Crippen molar-refractivity contribution in [3.63, 3.8) is 0 Å². The first-order valence-corrected chi connectivity index (χ1v) is 7.66. The summed E-state index contributed by atoms with van der Waals surface area (Å²) in [7, 11) is 0. The molecule has 0 aliphatic carbocycles. The summed E-state index contributed by atoms with van der Waals surface area (Å²) in [6, 6.07) is 6.63. The minimum absolute atomic E-state index is 0. The molecule has 4 nitrogen and oxygen atoms in total. The fraction of sp³-hybridized carbons (Fsp3) is 0.333. The Morgan fingerprint density at radius 1 is 1.39 bits per heavy atom. The monoisotopic (exact) mass is 379 g/mol. The van der Waals surface area contributed by atoms with Crippen molar-refractivity contribution in [3.05, 3.63) is 51.7 Å². The first-order chi connectivity index (χ1) is 10.1. The molecule has 1 unspecified atom stereocenters. The second-order valence-corrected chi connectivity index (χ2v) is 5.86. The zero-order chi connectivity index (χ0) is 15.2. The van der Waals surface area contributed by atoms with Gasteiger partial charge in [-0.2, -0.15) is 0 Å². The molecule has 0 aliphatic rings. The molecule has 8 heteroatoms. The van der Waals surface area contributed by atoms with Gasteiger partial charge in [0.05, 0.1) is 5.01 Å². The Kier molecular flexibility index (Phi) is 9.99. The molecule has 1 atom stereocenters. The van der Waals surface area contributed by atoms with Gasteiger partial charge in [-0.15, -0.1) is 36.2 Å². The highest BCUT2D eigenvalue weighted by atomic mass is 35.5. The van der Waals surface area contributed by atoms with Crippen LogP contribution in [0.3, 0.4) is 0 Å². The van der Waals surface area contributed by atoms with Crippen LogP contribution in [0.4, 0.5) is 4.39 Å². The summed E-state index contributed by atoms with van der Waals surface area (Å²) in [6.07, 6.45) is 1.11. The maximum Gasteiger partial charge on any atom is 0.270 e. The molecule has 1 aromatic carbocycles. The number of halogens is 3. The van der Waals surface area contributed by atoms with Gasteiger partial charge in [0, 0.05) is 24.4 Å². The van der Waals surface area contributed by atoms with Crippen LogP contribution in [0.25, 0.3) is 0 Å². The Bertz CT molecular complexity index is 622. The van der Waals surface area contributed by atoms with Crippen LogP contribution in [-0.2, 0) is 6.42 Å². The van der Waals surface area contributed by atoms with Crippen molar-refractivity contribution in [1.82, 2.24) is 10.3 Å². The van der Waals surface area contributed by atoms with Gasteiger partial charge >= 0.3 is 0 Å². The summed E-state index contributed by atoms with van der Waals surface area (Å²) in [5, 5.41) is 5.18. The molecule has 0 spiro atoms. The van der Waals surface area contributed by atoms with Crippen molar-refractivity contribution >= 4 is 42.1 Å². The molecule has 2 aromatic rings. The number of hydrogen-bond donors (Lipinski definition) is 2. The van der Waals surface area contributed by atoms with E-state index in [4.69, 9.17) is 5.73 Å². The maximum absolute atomic E-state index is 13.6. The molecule has 1 aromatic heterocycles. The number of hydrogen-bond acceptors (Lipinski definition) is 4. The lowest BCUT2D eigenvalue weighted by molar-refractivity contribution is 0.0948. The number of nitrogens with zero attached hydrogens (tertiary/aromatic N) is 1. The van der Waals surface area contributed by atoms with E-state index in [-0.39, 0.29) is 42.6 Å². The number of carbonyl (C=O) groups excluding carboxylic acids is 1. The number of rotatable bonds is 6. The number of nitrogens with one attached hydrogen (secondary N) is 1. The number of aromatic nitrogens is 1. The van der Waals surface area contributed by atoms with E-state index in [1.807, 2.05) is 6.92 Å². The molecule has 0 radical (unpaired) electrons. The van der Waals surface area contributed by atoms with Crippen LogP contribution in [0.5, 0.6) is 0 Å². The standard InChI is InChI=1S/C15H18FN3OS.2ClH/c1-10(17)6-7-18-15(20)13-9-21-14(19-13)8-11-4-2-3-5-12(11)16;;/h2-5,9-10H,6-8,17H2,1H3,(H,18,20);2*1H. The number of benzene rings is 1. The lowest BCUT2D eigenvalue weighted by Gasteiger charge is -2.05. The van der Waals surface area contributed by atoms with Gasteiger partial charge in [0.25, 0.3) is 5.91 Å². The minimum Gasteiger partial charge on any atom is -0.351 e. The molecular formula is C15H20Cl2FN3OS. The van der Waals surface area contributed by atoms with Crippen LogP contribution < -0.4 is 11.1 Å². The normalized spacial score (nSPS) is 11.1. The smallest absolute Gasteiger partial charge is 0.270 e. The fourth-order valence-electron chi connectivity index (χ4n) is 1.80. The number of carbonyl (C=O) groups is 1. The molecule has 2 rings (SSSR count). The molecule has 0 fully saturated rings. The maximum atomic E-state index is 13.6. The van der Waals surface area contributed by atoms with Crippen LogP contribution in [0.2, 0.25) is 0 Å². The number of thiazole rings is 1. The summed E-state index contributed by atoms with van der Waals surface area (Å²) < 4.78 is 13.6. The van der Waals surface area contributed by atoms with Crippen LogP contribution in [0.1, 0.15) is 34.4 Å². The number of amides is 1. The molecule has 128 valence electrons. The molecule has 1 heterocycles. The third-order valence-electron chi connectivity index (χ3n) is 2.97. The van der Waals surface area contributed by atoms with Gasteiger partial charge < -0.3 is 11.1 Å². The number of nitrogens with two attached hydrogens (primary N) is 1. The first-order valence-electron chi connectivity index (χ1n) is 6.78. The van der Waals surface area contributed by atoms with Gasteiger partial charge in [-0.25, -0.2) is 9.37 Å². The van der Waals surface area contributed by atoms with Gasteiger partial charge in [0.15, 0.2) is 0 Å². The largest absolute Gasteiger partial charge is 0.351 e. The van der Waals surface area contributed by atoms with Gasteiger partial charge in [-0.05, 0) is 25.0 Å². The van der Waals surface area contributed by atoms with Gasteiger partial charge in [-0.3, -0.25) is 4.79 Å². The van der Waals surface area contributed by atoms with E-state index in [2.05, 4.69) is 10.3 Å². The lowest BCUT2D eigenvalue weighted by Crippen LogP contribution is -2.29. The van der Waals surface area contributed by atoms with E-state index in [1.165, 1.54) is 17.4 Å². The van der Waals surface area contributed by atoms with E-state index < -0.39 is 0 Å². The lowest BCUT2D eigenvalue weighted by atomic mass is 10.1. The van der Waals surface area contributed by atoms with Crippen molar-refractivity contribution in [2.24, 2.45) is 5.73 Å². The van der Waals surface area contributed by atoms with Gasteiger partial charge in [0.2, 0.25) is 0 Å². The molecular weight excluding hydrogens is 360 g/mol. The third kappa shape index (κ3) is 6.83. The average Bonchev–Trinajstić information content (AvgIpc) is 2.89. The minimum atomic E-state index is -0.254. The molecule has 0 bridgehead atoms. The summed E-state index contributed by atoms with van der Waals surface area (Å²) >= 11 is 1.36. The second-order valence-electron chi connectivity index (χ2n) is 4.92. The van der Waals surface area contributed by atoms with Crippen LogP contribution >= 0.6 is 36.2 Å². The molecule has 3 N–H and O–H groups in total. The highest BCUT2D eigenvalue weighted by Gasteiger charge is 2.12. The van der Waals surface area contributed by atoms with Crippen molar-refractivity contribution in [1.29, 1.82) is 0 Å². The fourth-order valence-corrected chi connectivity index (χ4v) is 2.60. The molecule has 1 amide bonds. The Balaban J connectivity index is 0.00000242. The second kappa shape index (κ2) is 10.5. The summed E-state index contributed by atoms with van der Waals surface area (Å²) in [6.45, 7) is 2.41. The first kappa shape index (κ1) is 21.8. The van der Waals surface area contributed by atoms with E-state index in [0.717, 1.165) is 11.4 Å². The van der Waals surface area contributed by atoms with Crippen LogP contribution in [0, 0.1) is 5.82 Å². The summed E-state index contributed by atoms with van der Waals surface area (Å²) in [5.41, 5.74) is 6.57. The Hall–Kier alpha value is -1.21. The quantitative estimate of drug-likeness (QED) is 0.809. The molecule has 0 aliphatic heterocycles. The van der Waals surface area contributed by atoms with Crippen molar-refractivity contribution in [2.45, 2.75) is 25.8 Å². The summed E-state index contributed by atoms with van der Waals surface area (Å²) in [5.74, 6) is -0.470. The van der Waals surface area contributed by atoms with E-state index >= 15 is 0 Å². The average molecular weight is 380 g/mol. The topological polar surface area (TPSA) is 68.0 Å². The van der Waals surface area contributed by atoms with Crippen molar-refractivity contribution < 1.29 is 9.18 Å². The molecule has 23 heavy (non-hydrogen) atoms. The summed E-state index contributed by atoms with van der Waals surface area (Å²) in [4.78, 5) is 16.1. The predicted octanol–water partition coefficient (Wildman–Crippen LogP) is 3.18. The van der Waals surface area contributed by atoms with Gasteiger partial charge in [-0.1, -0.05) is 18.2 Å². The van der Waals surface area contributed by atoms with E-state index in [9.17, 15) is 9.18 Å². The Morgan fingerprint density at radius 3 is 2.74 bits per heavy atom. The Morgan fingerprint density at radius 2 is 2.09 bits per heavy atom. The van der Waals surface area contributed by atoms with Gasteiger partial charge in [0.1, 0.15) is 11.5 Å². The third-order valence-corrected chi connectivity index (χ3v) is 3.82. The van der Waals surface area contributed by atoms with Crippen LogP contribution in [0.15, 0.2) is 29.6 Å². The van der Waals surface area contributed by atoms with Crippen molar-refractivity contribution in [2.75, 3.05) is 6.54 Å². The zero-order valence-corrected chi connectivity index (χ0v) is 15.1. The highest BCUT2D eigenvalue weighted by molar-refractivity contribution is 7.09. The predicted molar refractivity (Wildman–Crippen MR) is 96.4 cm³/mol. The Labute approximate surface area is 151 Å². The van der Waals surface area contributed by atoms with Crippen LogP contribution in [-0.4, -0.2) is 23.5 Å². The molecule has 0 saturated heterocycles. The van der Waals surface area contributed by atoms with E-state index in [1.54, 1.807) is 23.6 Å². The SMILES string of the molecule is CC(N)CCNC(=O)c1csc(Cc2ccccc2F)n1.Cl.Cl. The van der Waals surface area contributed by atoms with Crippen molar-refractivity contribution in [3.8, 4) is 0 Å². The van der Waals surface area contributed by atoms with E-state index in [0.29, 0.717) is 24.2 Å². The molecule has 0 saturated carbocycles.